The molecule has 1 aromatic rings. The first-order valence-electron chi connectivity index (χ1n) is 5.45. The first kappa shape index (κ1) is 10.8. The maximum atomic E-state index is 8.63. The minimum atomic E-state index is 0.409. The predicted octanol–water partition coefficient (Wildman–Crippen LogP) is 0.854. The van der Waals surface area contributed by atoms with Crippen LogP contribution in [0.4, 0.5) is 5.95 Å². The smallest absolute Gasteiger partial charge is 0.222 e. The first-order valence-corrected chi connectivity index (χ1v) is 5.45. The maximum Gasteiger partial charge on any atom is 0.222 e. The SMILES string of the molecule is CN1CCCC(Nc2ncc(C#N)cn2)C1. The fourth-order valence-electron chi connectivity index (χ4n) is 1.93. The number of likely N-dealkylation sites (N-methyl/N-ethyl adjacent to an activating group) is 1. The Balaban J connectivity index is 1.95. The van der Waals surface area contributed by atoms with Crippen molar-refractivity contribution in [2.75, 3.05) is 25.5 Å². The minimum absolute atomic E-state index is 0.409. The molecule has 1 aliphatic rings. The van der Waals surface area contributed by atoms with E-state index in [1.54, 1.807) is 12.4 Å². The Kier molecular flexibility index (Phi) is 3.32. The molecule has 5 nitrogen and oxygen atoms in total. The van der Waals surface area contributed by atoms with Gasteiger partial charge in [-0.25, -0.2) is 9.97 Å². The van der Waals surface area contributed by atoms with Crippen LogP contribution in [0.25, 0.3) is 0 Å². The first-order chi connectivity index (χ1) is 7.78. The number of hydrogen-bond donors (Lipinski definition) is 1. The van der Waals surface area contributed by atoms with E-state index >= 15 is 0 Å². The molecule has 1 unspecified atom stereocenters. The maximum absolute atomic E-state index is 8.63. The van der Waals surface area contributed by atoms with Crippen molar-refractivity contribution in [2.45, 2.75) is 18.9 Å². The van der Waals surface area contributed by atoms with Crippen LogP contribution < -0.4 is 5.32 Å². The number of piperidine rings is 1. The third-order valence-corrected chi connectivity index (χ3v) is 2.74. The molecule has 0 spiro atoms. The Hall–Kier alpha value is -1.67. The summed E-state index contributed by atoms with van der Waals surface area (Å²) in [5.74, 6) is 0.610. The van der Waals surface area contributed by atoms with Crippen molar-refractivity contribution in [3.05, 3.63) is 18.0 Å². The van der Waals surface area contributed by atoms with Gasteiger partial charge in [0.1, 0.15) is 6.07 Å². The molecule has 1 atom stereocenters. The minimum Gasteiger partial charge on any atom is -0.350 e. The zero-order chi connectivity index (χ0) is 11.4. The molecule has 1 aliphatic heterocycles. The van der Waals surface area contributed by atoms with Gasteiger partial charge in [-0.3, -0.25) is 0 Å². The highest BCUT2D eigenvalue weighted by Gasteiger charge is 2.17. The zero-order valence-corrected chi connectivity index (χ0v) is 9.35. The molecule has 5 heteroatoms. The van der Waals surface area contributed by atoms with Gasteiger partial charge in [-0.05, 0) is 26.4 Å². The summed E-state index contributed by atoms with van der Waals surface area (Å²) >= 11 is 0. The predicted molar refractivity (Wildman–Crippen MR) is 60.9 cm³/mol. The summed E-state index contributed by atoms with van der Waals surface area (Å²) in [6, 6.07) is 2.41. The topological polar surface area (TPSA) is 64.8 Å². The number of hydrogen-bond acceptors (Lipinski definition) is 5. The van der Waals surface area contributed by atoms with Gasteiger partial charge in [-0.15, -0.1) is 0 Å². The van der Waals surface area contributed by atoms with Crippen molar-refractivity contribution < 1.29 is 0 Å². The van der Waals surface area contributed by atoms with E-state index in [-0.39, 0.29) is 0 Å². The van der Waals surface area contributed by atoms with E-state index < -0.39 is 0 Å². The second-order valence-corrected chi connectivity index (χ2v) is 4.15. The van der Waals surface area contributed by atoms with E-state index in [1.165, 1.54) is 6.42 Å². The van der Waals surface area contributed by atoms with Crippen molar-refractivity contribution in [3.8, 4) is 6.07 Å². The number of nitriles is 1. The van der Waals surface area contributed by atoms with Crippen molar-refractivity contribution in [1.82, 2.24) is 14.9 Å². The summed E-state index contributed by atoms with van der Waals surface area (Å²) < 4.78 is 0. The largest absolute Gasteiger partial charge is 0.350 e. The van der Waals surface area contributed by atoms with Gasteiger partial charge >= 0.3 is 0 Å². The van der Waals surface area contributed by atoms with Crippen molar-refractivity contribution >= 4 is 5.95 Å². The molecule has 0 amide bonds. The van der Waals surface area contributed by atoms with Gasteiger partial charge in [0.05, 0.1) is 18.0 Å². The van der Waals surface area contributed by atoms with Gasteiger partial charge in [0.2, 0.25) is 5.95 Å². The highest BCUT2D eigenvalue weighted by atomic mass is 15.2. The molecule has 0 saturated carbocycles. The van der Waals surface area contributed by atoms with Crippen molar-refractivity contribution in [3.63, 3.8) is 0 Å². The van der Waals surface area contributed by atoms with E-state index in [9.17, 15) is 0 Å². The van der Waals surface area contributed by atoms with E-state index in [1.807, 2.05) is 6.07 Å². The van der Waals surface area contributed by atoms with Crippen LogP contribution in [-0.4, -0.2) is 41.0 Å². The van der Waals surface area contributed by atoms with Crippen LogP contribution in [0.15, 0.2) is 12.4 Å². The van der Waals surface area contributed by atoms with Crippen LogP contribution in [-0.2, 0) is 0 Å². The van der Waals surface area contributed by atoms with Gasteiger partial charge < -0.3 is 10.2 Å². The molecule has 1 fully saturated rings. The third-order valence-electron chi connectivity index (χ3n) is 2.74. The second kappa shape index (κ2) is 4.90. The highest BCUT2D eigenvalue weighted by Crippen LogP contribution is 2.11. The summed E-state index contributed by atoms with van der Waals surface area (Å²) in [5, 5.41) is 11.9. The van der Waals surface area contributed by atoms with E-state index in [2.05, 4.69) is 27.2 Å². The van der Waals surface area contributed by atoms with Crippen LogP contribution >= 0.6 is 0 Å². The molecular weight excluding hydrogens is 202 g/mol. The zero-order valence-electron chi connectivity index (χ0n) is 9.35. The summed E-state index contributed by atoms with van der Waals surface area (Å²) in [6.07, 6.45) is 5.43. The van der Waals surface area contributed by atoms with Gasteiger partial charge in [0.25, 0.3) is 0 Å². The highest BCUT2D eigenvalue weighted by molar-refractivity contribution is 5.31. The Bertz CT molecular complexity index is 380. The molecule has 1 aromatic heterocycles. The number of aromatic nitrogens is 2. The molecule has 16 heavy (non-hydrogen) atoms. The molecule has 2 rings (SSSR count). The summed E-state index contributed by atoms with van der Waals surface area (Å²) in [7, 11) is 2.12. The number of anilines is 1. The third kappa shape index (κ3) is 2.67. The van der Waals surface area contributed by atoms with Gasteiger partial charge in [-0.1, -0.05) is 0 Å². The summed E-state index contributed by atoms with van der Waals surface area (Å²) in [5.41, 5.74) is 0.492. The van der Waals surface area contributed by atoms with Crippen LogP contribution in [0.3, 0.4) is 0 Å². The van der Waals surface area contributed by atoms with Crippen LogP contribution in [0, 0.1) is 11.3 Å². The molecule has 0 aliphatic carbocycles. The lowest BCUT2D eigenvalue weighted by atomic mass is 10.1. The van der Waals surface area contributed by atoms with E-state index in [0.29, 0.717) is 17.6 Å². The van der Waals surface area contributed by atoms with Crippen molar-refractivity contribution in [2.24, 2.45) is 0 Å². The van der Waals surface area contributed by atoms with Crippen LogP contribution in [0.1, 0.15) is 18.4 Å². The normalized spacial score (nSPS) is 21.4. The molecule has 84 valence electrons. The standard InChI is InChI=1S/C11H15N5/c1-16-4-2-3-10(8-16)15-11-13-6-9(5-12)7-14-11/h6-7,10H,2-4,8H2,1H3,(H,13,14,15). The van der Waals surface area contributed by atoms with Gasteiger partial charge in [0.15, 0.2) is 0 Å². The van der Waals surface area contributed by atoms with Gasteiger partial charge in [0, 0.05) is 12.6 Å². The number of likely N-dealkylation sites (tertiary alicyclic amines) is 1. The second-order valence-electron chi connectivity index (χ2n) is 4.15. The Morgan fingerprint density at radius 2 is 2.25 bits per heavy atom. The molecule has 1 saturated heterocycles. The van der Waals surface area contributed by atoms with Crippen molar-refractivity contribution in [1.29, 1.82) is 5.26 Å². The summed E-state index contributed by atoms with van der Waals surface area (Å²) in [4.78, 5) is 10.5. The monoisotopic (exact) mass is 217 g/mol. The fraction of sp³-hybridized carbons (Fsp3) is 0.545. The van der Waals surface area contributed by atoms with E-state index in [4.69, 9.17) is 5.26 Å². The molecule has 0 radical (unpaired) electrons. The average molecular weight is 217 g/mol. The number of rotatable bonds is 2. The van der Waals surface area contributed by atoms with Crippen LogP contribution in [0.5, 0.6) is 0 Å². The number of nitrogens with zero attached hydrogens (tertiary/aromatic N) is 4. The lowest BCUT2D eigenvalue weighted by Gasteiger charge is -2.30. The molecule has 0 aromatic carbocycles. The Labute approximate surface area is 95.1 Å². The van der Waals surface area contributed by atoms with E-state index in [0.717, 1.165) is 19.5 Å². The average Bonchev–Trinajstić information content (AvgIpc) is 2.30. The molecular formula is C11H15N5. The summed E-state index contributed by atoms with van der Waals surface area (Å²) in [6.45, 7) is 2.18. The molecule has 0 bridgehead atoms. The lowest BCUT2D eigenvalue weighted by Crippen LogP contribution is -2.40. The number of nitrogens with one attached hydrogen (secondary N) is 1. The van der Waals surface area contributed by atoms with Gasteiger partial charge in [-0.2, -0.15) is 5.26 Å². The van der Waals surface area contributed by atoms with Crippen LogP contribution in [0.2, 0.25) is 0 Å². The Morgan fingerprint density at radius 1 is 1.50 bits per heavy atom. The molecule has 2 heterocycles. The quantitative estimate of drug-likeness (QED) is 0.795. The Morgan fingerprint density at radius 3 is 2.88 bits per heavy atom. The lowest BCUT2D eigenvalue weighted by molar-refractivity contribution is 0.260. The fourth-order valence-corrected chi connectivity index (χ4v) is 1.93. The molecule has 1 N–H and O–H groups in total.